The van der Waals surface area contributed by atoms with Gasteiger partial charge in [-0.05, 0) is 30.2 Å². The van der Waals surface area contributed by atoms with E-state index < -0.39 is 0 Å². The molecule has 0 bridgehead atoms. The van der Waals surface area contributed by atoms with Gasteiger partial charge in [-0.15, -0.1) is 0 Å². The van der Waals surface area contributed by atoms with E-state index in [0.717, 1.165) is 18.4 Å². The number of aliphatic hydroxyl groups excluding tert-OH is 1. The molecule has 4 heteroatoms. The molecule has 1 aromatic carbocycles. The first-order valence-electron chi connectivity index (χ1n) is 10.1. The van der Waals surface area contributed by atoms with Crippen molar-refractivity contribution in [2.75, 3.05) is 7.11 Å². The zero-order chi connectivity index (χ0) is 19.9. The van der Waals surface area contributed by atoms with Gasteiger partial charge in [0.15, 0.2) is 17.3 Å². The summed E-state index contributed by atoms with van der Waals surface area (Å²) >= 11 is 0. The van der Waals surface area contributed by atoms with Gasteiger partial charge in [0.2, 0.25) is 0 Å². The summed E-state index contributed by atoms with van der Waals surface area (Å²) in [4.78, 5) is 11.9. The number of phenolic OH excluding ortho intramolecular Hbond substituents is 1. The zero-order valence-corrected chi connectivity index (χ0v) is 16.7. The van der Waals surface area contributed by atoms with Crippen LogP contribution in [0.15, 0.2) is 36.1 Å². The molecule has 1 rings (SSSR count). The van der Waals surface area contributed by atoms with Crippen molar-refractivity contribution in [3.05, 3.63) is 41.7 Å². The van der Waals surface area contributed by atoms with Crippen LogP contribution in [-0.4, -0.2) is 23.1 Å². The maximum atomic E-state index is 11.9. The minimum Gasteiger partial charge on any atom is -0.508 e. The van der Waals surface area contributed by atoms with Gasteiger partial charge < -0.3 is 14.9 Å². The Hall–Kier alpha value is -2.23. The molecule has 0 spiro atoms. The Bertz CT molecular complexity index is 617. The van der Waals surface area contributed by atoms with Crippen LogP contribution in [-0.2, 0) is 4.79 Å². The highest BCUT2D eigenvalue weighted by Crippen LogP contribution is 2.26. The Morgan fingerprint density at radius 2 is 1.67 bits per heavy atom. The molecule has 0 radical (unpaired) electrons. The summed E-state index contributed by atoms with van der Waals surface area (Å²) in [6.45, 7) is 2.23. The minimum absolute atomic E-state index is 0.0524. The van der Waals surface area contributed by atoms with Crippen molar-refractivity contribution in [1.82, 2.24) is 0 Å². The van der Waals surface area contributed by atoms with Crippen molar-refractivity contribution in [2.45, 2.75) is 71.1 Å². The van der Waals surface area contributed by atoms with E-state index in [0.29, 0.717) is 12.2 Å². The maximum absolute atomic E-state index is 11.9. The van der Waals surface area contributed by atoms with Crippen molar-refractivity contribution in [2.24, 2.45) is 0 Å². The molecule has 0 aliphatic heterocycles. The molecule has 0 unspecified atom stereocenters. The Balaban J connectivity index is 2.26. The molecular formula is C23H34O4. The SMILES string of the molecule is CCCCCCCCCCCC(=O)/C=C(O)/C=C/c1ccc(O)c(OC)c1. The van der Waals surface area contributed by atoms with Gasteiger partial charge in [-0.3, -0.25) is 4.79 Å². The Morgan fingerprint density at radius 3 is 2.30 bits per heavy atom. The summed E-state index contributed by atoms with van der Waals surface area (Å²) < 4.78 is 5.04. The van der Waals surface area contributed by atoms with Gasteiger partial charge >= 0.3 is 0 Å². The first-order chi connectivity index (χ1) is 13.1. The lowest BCUT2D eigenvalue weighted by molar-refractivity contribution is -0.114. The summed E-state index contributed by atoms with van der Waals surface area (Å²) in [7, 11) is 1.48. The van der Waals surface area contributed by atoms with Crippen LogP contribution in [0.2, 0.25) is 0 Å². The van der Waals surface area contributed by atoms with Crippen molar-refractivity contribution >= 4 is 11.9 Å². The van der Waals surface area contributed by atoms with Crippen LogP contribution in [0.4, 0.5) is 0 Å². The number of aliphatic hydroxyl groups is 1. The number of carbonyl (C=O) groups excluding carboxylic acids is 1. The summed E-state index contributed by atoms with van der Waals surface area (Å²) in [5.74, 6) is 0.305. The minimum atomic E-state index is -0.0667. The highest BCUT2D eigenvalue weighted by molar-refractivity contribution is 5.90. The molecule has 150 valence electrons. The molecule has 27 heavy (non-hydrogen) atoms. The van der Waals surface area contributed by atoms with E-state index in [4.69, 9.17) is 4.74 Å². The van der Waals surface area contributed by atoms with E-state index in [9.17, 15) is 15.0 Å². The summed E-state index contributed by atoms with van der Waals surface area (Å²) in [6.07, 6.45) is 15.8. The van der Waals surface area contributed by atoms with Gasteiger partial charge in [-0.2, -0.15) is 0 Å². The number of allylic oxidation sites excluding steroid dienone is 2. The number of benzene rings is 1. The van der Waals surface area contributed by atoms with E-state index in [2.05, 4.69) is 6.92 Å². The number of ether oxygens (including phenoxy) is 1. The van der Waals surface area contributed by atoms with E-state index >= 15 is 0 Å². The third-order valence-electron chi connectivity index (χ3n) is 4.49. The van der Waals surface area contributed by atoms with Gasteiger partial charge in [-0.1, -0.05) is 70.4 Å². The van der Waals surface area contributed by atoms with Crippen molar-refractivity contribution < 1.29 is 19.7 Å². The van der Waals surface area contributed by atoms with Crippen LogP contribution >= 0.6 is 0 Å². The predicted molar refractivity (Wildman–Crippen MR) is 111 cm³/mol. The number of carbonyl (C=O) groups is 1. The number of rotatable bonds is 14. The quantitative estimate of drug-likeness (QED) is 0.172. The maximum Gasteiger partial charge on any atom is 0.161 e. The van der Waals surface area contributed by atoms with Crippen LogP contribution in [0.1, 0.15) is 76.7 Å². The van der Waals surface area contributed by atoms with Gasteiger partial charge in [0.25, 0.3) is 0 Å². The fraction of sp³-hybridized carbons (Fsp3) is 0.522. The second-order valence-electron chi connectivity index (χ2n) is 6.88. The van der Waals surface area contributed by atoms with E-state index in [1.54, 1.807) is 18.2 Å². The molecule has 1 aromatic rings. The average molecular weight is 375 g/mol. The molecule has 0 amide bonds. The number of hydrogen-bond donors (Lipinski definition) is 2. The van der Waals surface area contributed by atoms with Crippen LogP contribution in [0.5, 0.6) is 11.5 Å². The first kappa shape index (κ1) is 22.8. The Labute approximate surface area is 163 Å². The van der Waals surface area contributed by atoms with Crippen LogP contribution in [0.25, 0.3) is 6.08 Å². The topological polar surface area (TPSA) is 66.8 Å². The molecular weight excluding hydrogens is 340 g/mol. The van der Waals surface area contributed by atoms with Crippen molar-refractivity contribution in [3.63, 3.8) is 0 Å². The highest BCUT2D eigenvalue weighted by Gasteiger charge is 2.02. The van der Waals surface area contributed by atoms with Crippen molar-refractivity contribution in [3.8, 4) is 11.5 Å². The van der Waals surface area contributed by atoms with Crippen molar-refractivity contribution in [1.29, 1.82) is 0 Å². The van der Waals surface area contributed by atoms with Crippen LogP contribution in [0, 0.1) is 0 Å². The number of phenols is 1. The molecule has 0 atom stereocenters. The molecule has 0 aliphatic rings. The number of hydrogen-bond acceptors (Lipinski definition) is 4. The van der Waals surface area contributed by atoms with Gasteiger partial charge in [-0.25, -0.2) is 0 Å². The van der Waals surface area contributed by atoms with E-state index in [1.165, 1.54) is 70.3 Å². The monoisotopic (exact) mass is 374 g/mol. The molecule has 2 N–H and O–H groups in total. The Morgan fingerprint density at radius 1 is 1.04 bits per heavy atom. The van der Waals surface area contributed by atoms with Crippen LogP contribution < -0.4 is 4.74 Å². The molecule has 0 heterocycles. The largest absolute Gasteiger partial charge is 0.508 e. The predicted octanol–water partition coefficient (Wildman–Crippen LogP) is 6.35. The fourth-order valence-corrected chi connectivity index (χ4v) is 2.87. The standard InChI is InChI=1S/C23H34O4/c1-3-4-5-6-7-8-9-10-11-12-20(24)18-21(25)15-13-19-14-16-22(26)23(17-19)27-2/h13-18,25-26H,3-12H2,1-2H3/b15-13+,21-18-. The average Bonchev–Trinajstić information content (AvgIpc) is 2.66. The normalized spacial score (nSPS) is 11.9. The van der Waals surface area contributed by atoms with Crippen LogP contribution in [0.3, 0.4) is 0 Å². The summed E-state index contributed by atoms with van der Waals surface area (Å²) in [5, 5.41) is 19.4. The summed E-state index contributed by atoms with van der Waals surface area (Å²) in [6, 6.07) is 4.88. The molecule has 0 fully saturated rings. The Kier molecular flexibility index (Phi) is 11.7. The van der Waals surface area contributed by atoms with E-state index in [-0.39, 0.29) is 17.3 Å². The number of ketones is 1. The fourth-order valence-electron chi connectivity index (χ4n) is 2.87. The van der Waals surface area contributed by atoms with Gasteiger partial charge in [0.1, 0.15) is 5.76 Å². The lowest BCUT2D eigenvalue weighted by Gasteiger charge is -2.03. The highest BCUT2D eigenvalue weighted by atomic mass is 16.5. The third kappa shape index (κ3) is 10.5. The number of unbranched alkanes of at least 4 members (excludes halogenated alkanes) is 8. The molecule has 0 aliphatic carbocycles. The van der Waals surface area contributed by atoms with Gasteiger partial charge in [0, 0.05) is 12.5 Å². The van der Waals surface area contributed by atoms with E-state index in [1.807, 2.05) is 0 Å². The molecule has 0 aromatic heterocycles. The smallest absolute Gasteiger partial charge is 0.161 e. The molecule has 0 saturated carbocycles. The lowest BCUT2D eigenvalue weighted by atomic mass is 10.1. The summed E-state index contributed by atoms with van der Waals surface area (Å²) in [5.41, 5.74) is 0.760. The first-order valence-corrected chi connectivity index (χ1v) is 10.1. The second kappa shape index (κ2) is 13.9. The zero-order valence-electron chi connectivity index (χ0n) is 16.7. The lowest BCUT2D eigenvalue weighted by Crippen LogP contribution is -1.94. The third-order valence-corrected chi connectivity index (χ3v) is 4.49. The molecule has 4 nitrogen and oxygen atoms in total. The molecule has 0 saturated heterocycles. The van der Waals surface area contributed by atoms with Gasteiger partial charge in [0.05, 0.1) is 7.11 Å². The second-order valence-corrected chi connectivity index (χ2v) is 6.88. The number of methoxy groups -OCH3 is 1. The number of aromatic hydroxyl groups is 1.